The van der Waals surface area contributed by atoms with E-state index in [0.29, 0.717) is 12.5 Å². The molecule has 1 aromatic carbocycles. The molecule has 0 bridgehead atoms. The molecule has 1 N–H and O–H groups in total. The number of hydrogen-bond donors (Lipinski definition) is 1. The van der Waals surface area contributed by atoms with Crippen LogP contribution in [0.4, 0.5) is 11.5 Å². The van der Waals surface area contributed by atoms with Crippen molar-refractivity contribution >= 4 is 17.4 Å². The molecule has 3 rings (SSSR count). The van der Waals surface area contributed by atoms with Crippen molar-refractivity contribution in [1.29, 1.82) is 0 Å². The van der Waals surface area contributed by atoms with Crippen LogP contribution in [0.25, 0.3) is 0 Å². The van der Waals surface area contributed by atoms with Crippen LogP contribution in [0.1, 0.15) is 38.2 Å². The monoisotopic (exact) mass is 324 g/mol. The number of carbonyl (C=O) groups excluding carboxylic acids is 1. The average molecular weight is 324 g/mol. The second kappa shape index (κ2) is 7.43. The van der Waals surface area contributed by atoms with E-state index in [4.69, 9.17) is 0 Å². The Kier molecular flexibility index (Phi) is 5.08. The number of anilines is 2. The Labute approximate surface area is 143 Å². The van der Waals surface area contributed by atoms with Gasteiger partial charge in [-0.05, 0) is 36.5 Å². The maximum Gasteiger partial charge on any atom is 0.229 e. The van der Waals surface area contributed by atoms with E-state index < -0.39 is 0 Å². The first kappa shape index (κ1) is 16.4. The minimum atomic E-state index is -0.0246. The maximum atomic E-state index is 12.7. The summed E-state index contributed by atoms with van der Waals surface area (Å²) < 4.78 is 0. The largest absolute Gasteiger partial charge is 0.355 e. The highest BCUT2D eigenvalue weighted by molar-refractivity contribution is 5.93. The summed E-state index contributed by atoms with van der Waals surface area (Å²) in [6, 6.07) is 8.10. The normalized spacial score (nSPS) is 17.8. The van der Waals surface area contributed by atoms with Gasteiger partial charge in [0.1, 0.15) is 5.82 Å². The minimum Gasteiger partial charge on any atom is -0.355 e. The second-order valence-corrected chi connectivity index (χ2v) is 6.62. The van der Waals surface area contributed by atoms with Crippen LogP contribution in [0.2, 0.25) is 0 Å². The Bertz CT molecular complexity index is 687. The molecule has 0 aliphatic carbocycles. The van der Waals surface area contributed by atoms with Gasteiger partial charge in [-0.2, -0.15) is 0 Å². The zero-order chi connectivity index (χ0) is 16.9. The quantitative estimate of drug-likeness (QED) is 0.936. The first-order chi connectivity index (χ1) is 11.6. The Morgan fingerprint density at radius 2 is 2.21 bits per heavy atom. The zero-order valence-corrected chi connectivity index (χ0v) is 14.3. The molecule has 126 valence electrons. The number of amides is 1. The van der Waals surface area contributed by atoms with Gasteiger partial charge in [-0.1, -0.05) is 26.0 Å². The molecule has 0 radical (unpaired) electrons. The van der Waals surface area contributed by atoms with Crippen molar-refractivity contribution in [3.05, 3.63) is 48.4 Å². The van der Waals surface area contributed by atoms with Crippen LogP contribution in [0.15, 0.2) is 42.9 Å². The van der Waals surface area contributed by atoms with Gasteiger partial charge in [0, 0.05) is 31.2 Å². The van der Waals surface area contributed by atoms with E-state index in [0.717, 1.165) is 30.9 Å². The molecule has 1 aromatic heterocycles. The van der Waals surface area contributed by atoms with Crippen LogP contribution in [0, 0.1) is 5.92 Å². The van der Waals surface area contributed by atoms with Crippen LogP contribution in [-0.4, -0.2) is 29.0 Å². The van der Waals surface area contributed by atoms with E-state index in [-0.39, 0.29) is 11.8 Å². The Balaban J connectivity index is 1.65. The smallest absolute Gasteiger partial charge is 0.229 e. The lowest BCUT2D eigenvalue weighted by molar-refractivity contribution is -0.120. The van der Waals surface area contributed by atoms with Gasteiger partial charge in [0.25, 0.3) is 0 Å². The fourth-order valence-corrected chi connectivity index (χ4v) is 3.07. The number of rotatable bonds is 4. The number of nitrogens with zero attached hydrogens (tertiary/aromatic N) is 3. The summed E-state index contributed by atoms with van der Waals surface area (Å²) in [5.41, 5.74) is 2.11. The summed E-state index contributed by atoms with van der Waals surface area (Å²) in [5, 5.41) is 3.08. The maximum absolute atomic E-state index is 12.7. The highest BCUT2D eigenvalue weighted by Crippen LogP contribution is 2.23. The van der Waals surface area contributed by atoms with Crippen LogP contribution in [-0.2, 0) is 4.79 Å². The number of carbonyl (C=O) groups is 1. The van der Waals surface area contributed by atoms with E-state index in [1.165, 1.54) is 5.56 Å². The van der Waals surface area contributed by atoms with E-state index >= 15 is 0 Å². The Morgan fingerprint density at radius 1 is 1.33 bits per heavy atom. The third-order valence-electron chi connectivity index (χ3n) is 4.49. The SMILES string of the molecule is CC(C)c1cccc(NC(=O)C2CCCN(c3cnccn3)C2)c1. The number of hydrogen-bond acceptors (Lipinski definition) is 4. The summed E-state index contributed by atoms with van der Waals surface area (Å²) in [6.45, 7) is 5.92. The first-order valence-electron chi connectivity index (χ1n) is 8.55. The van der Waals surface area contributed by atoms with Gasteiger partial charge in [0.05, 0.1) is 12.1 Å². The lowest BCUT2D eigenvalue weighted by Gasteiger charge is -2.32. The summed E-state index contributed by atoms with van der Waals surface area (Å²) in [6.07, 6.45) is 7.01. The summed E-state index contributed by atoms with van der Waals surface area (Å²) in [7, 11) is 0. The standard InChI is InChI=1S/C19H24N4O/c1-14(2)15-5-3-7-17(11-15)22-19(24)16-6-4-10-23(13-16)18-12-20-8-9-21-18/h3,5,7-9,11-12,14,16H,4,6,10,13H2,1-2H3,(H,22,24). The molecule has 1 atom stereocenters. The summed E-state index contributed by atoms with van der Waals surface area (Å²) in [4.78, 5) is 23.3. The van der Waals surface area contributed by atoms with Gasteiger partial charge in [-0.3, -0.25) is 9.78 Å². The van der Waals surface area contributed by atoms with E-state index in [1.54, 1.807) is 18.6 Å². The van der Waals surface area contributed by atoms with Gasteiger partial charge in [0.15, 0.2) is 0 Å². The van der Waals surface area contributed by atoms with Crippen LogP contribution in [0.5, 0.6) is 0 Å². The van der Waals surface area contributed by atoms with Gasteiger partial charge >= 0.3 is 0 Å². The molecule has 0 saturated carbocycles. The lowest BCUT2D eigenvalue weighted by atomic mass is 9.96. The predicted octanol–water partition coefficient (Wildman–Crippen LogP) is 3.46. The third-order valence-corrected chi connectivity index (χ3v) is 4.49. The minimum absolute atomic E-state index is 0.0246. The molecule has 1 aliphatic rings. The van der Waals surface area contributed by atoms with Crippen LogP contribution >= 0.6 is 0 Å². The molecular formula is C19H24N4O. The molecule has 5 heteroatoms. The number of benzene rings is 1. The van der Waals surface area contributed by atoms with Gasteiger partial charge in [-0.25, -0.2) is 4.98 Å². The molecule has 1 fully saturated rings. The highest BCUT2D eigenvalue weighted by atomic mass is 16.1. The molecule has 1 saturated heterocycles. The van der Waals surface area contributed by atoms with Crippen molar-refractivity contribution in [2.75, 3.05) is 23.3 Å². The first-order valence-corrected chi connectivity index (χ1v) is 8.55. The number of piperidine rings is 1. The third kappa shape index (κ3) is 3.91. The molecule has 1 aliphatic heterocycles. The average Bonchev–Trinajstić information content (AvgIpc) is 2.63. The molecule has 1 amide bonds. The Morgan fingerprint density at radius 3 is 2.96 bits per heavy atom. The second-order valence-electron chi connectivity index (χ2n) is 6.62. The van der Waals surface area contributed by atoms with Crippen LogP contribution in [0.3, 0.4) is 0 Å². The van der Waals surface area contributed by atoms with Crippen molar-refractivity contribution in [3.63, 3.8) is 0 Å². The molecule has 24 heavy (non-hydrogen) atoms. The lowest BCUT2D eigenvalue weighted by Crippen LogP contribution is -2.41. The molecule has 2 aromatic rings. The van der Waals surface area contributed by atoms with Crippen molar-refractivity contribution in [1.82, 2.24) is 9.97 Å². The van der Waals surface area contributed by atoms with Crippen molar-refractivity contribution < 1.29 is 4.79 Å². The zero-order valence-electron chi connectivity index (χ0n) is 14.3. The van der Waals surface area contributed by atoms with Crippen LogP contribution < -0.4 is 10.2 Å². The number of nitrogens with one attached hydrogen (secondary N) is 1. The van der Waals surface area contributed by atoms with Gasteiger partial charge in [0.2, 0.25) is 5.91 Å². The number of aromatic nitrogens is 2. The summed E-state index contributed by atoms with van der Waals surface area (Å²) >= 11 is 0. The molecule has 2 heterocycles. The fourth-order valence-electron chi connectivity index (χ4n) is 3.07. The Hall–Kier alpha value is -2.43. The predicted molar refractivity (Wildman–Crippen MR) is 96.1 cm³/mol. The van der Waals surface area contributed by atoms with Gasteiger partial charge in [-0.15, -0.1) is 0 Å². The highest BCUT2D eigenvalue weighted by Gasteiger charge is 2.26. The van der Waals surface area contributed by atoms with Crippen molar-refractivity contribution in [3.8, 4) is 0 Å². The van der Waals surface area contributed by atoms with Gasteiger partial charge < -0.3 is 10.2 Å². The summed E-state index contributed by atoms with van der Waals surface area (Å²) in [5.74, 6) is 1.36. The van der Waals surface area contributed by atoms with E-state index in [1.807, 2.05) is 12.1 Å². The topological polar surface area (TPSA) is 58.1 Å². The van der Waals surface area contributed by atoms with Crippen molar-refractivity contribution in [2.24, 2.45) is 5.92 Å². The van der Waals surface area contributed by atoms with Crippen molar-refractivity contribution in [2.45, 2.75) is 32.6 Å². The van der Waals surface area contributed by atoms with E-state index in [9.17, 15) is 4.79 Å². The molecule has 0 spiro atoms. The molecule has 5 nitrogen and oxygen atoms in total. The van der Waals surface area contributed by atoms with E-state index in [2.05, 4.69) is 46.2 Å². The molecular weight excluding hydrogens is 300 g/mol. The fraction of sp³-hybridized carbons (Fsp3) is 0.421. The molecule has 1 unspecified atom stereocenters.